The minimum absolute atomic E-state index is 0.0105. The van der Waals surface area contributed by atoms with Crippen LogP contribution in [0.5, 0.6) is 0 Å². The van der Waals surface area contributed by atoms with Crippen molar-refractivity contribution in [1.82, 2.24) is 19.7 Å². The summed E-state index contributed by atoms with van der Waals surface area (Å²) in [5, 5.41) is 13.6. The van der Waals surface area contributed by atoms with Crippen molar-refractivity contribution in [3.8, 4) is 0 Å². The Morgan fingerprint density at radius 3 is 2.67 bits per heavy atom. The molecule has 2 aromatic heterocycles. The number of aliphatic carboxylic acids is 1. The summed E-state index contributed by atoms with van der Waals surface area (Å²) >= 11 is 12.0. The molecule has 0 unspecified atom stereocenters. The van der Waals surface area contributed by atoms with E-state index in [2.05, 4.69) is 15.1 Å². The first-order valence-corrected chi connectivity index (χ1v) is 8.06. The van der Waals surface area contributed by atoms with Crippen molar-refractivity contribution in [2.75, 3.05) is 0 Å². The SMILES string of the molecule is O=C(O)C=Cc1nn(Cc2ccc(Cl)cc2Cl)c2nc(C(F)(F)F)cnc12. The van der Waals surface area contributed by atoms with Gasteiger partial charge in [0.1, 0.15) is 11.2 Å². The summed E-state index contributed by atoms with van der Waals surface area (Å²) in [7, 11) is 0. The molecule has 6 nitrogen and oxygen atoms in total. The highest BCUT2D eigenvalue weighted by Crippen LogP contribution is 2.29. The van der Waals surface area contributed by atoms with E-state index in [0.29, 0.717) is 21.8 Å². The molecule has 0 radical (unpaired) electrons. The van der Waals surface area contributed by atoms with Gasteiger partial charge in [-0.15, -0.1) is 0 Å². The molecule has 0 fully saturated rings. The number of hydrogen-bond acceptors (Lipinski definition) is 4. The van der Waals surface area contributed by atoms with Crippen LogP contribution < -0.4 is 0 Å². The standard InChI is InChI=1S/C16H9Cl2F3N4O2/c17-9-2-1-8(10(18)5-9)7-25-15-14(11(24-25)3-4-13(26)27)22-6-12(23-15)16(19,20)21/h1-6H,7H2,(H,26,27). The molecule has 1 N–H and O–H groups in total. The predicted octanol–water partition coefficient (Wildman–Crippen LogP) is 4.30. The van der Waals surface area contributed by atoms with E-state index in [1.807, 2.05) is 0 Å². The molecule has 140 valence electrons. The fourth-order valence-electron chi connectivity index (χ4n) is 2.29. The van der Waals surface area contributed by atoms with Crippen LogP contribution in [-0.4, -0.2) is 30.8 Å². The van der Waals surface area contributed by atoms with Gasteiger partial charge in [0, 0.05) is 16.1 Å². The molecule has 0 aliphatic heterocycles. The maximum atomic E-state index is 13.0. The van der Waals surface area contributed by atoms with Gasteiger partial charge >= 0.3 is 12.1 Å². The lowest BCUT2D eigenvalue weighted by Crippen LogP contribution is -2.10. The molecule has 27 heavy (non-hydrogen) atoms. The molecule has 0 spiro atoms. The largest absolute Gasteiger partial charge is 0.478 e. The van der Waals surface area contributed by atoms with E-state index in [9.17, 15) is 18.0 Å². The zero-order valence-electron chi connectivity index (χ0n) is 13.2. The van der Waals surface area contributed by atoms with Crippen LogP contribution in [0.2, 0.25) is 10.0 Å². The van der Waals surface area contributed by atoms with Crippen LogP contribution in [0.4, 0.5) is 13.2 Å². The number of aromatic nitrogens is 4. The number of benzene rings is 1. The third kappa shape index (κ3) is 4.20. The first kappa shape index (κ1) is 19.1. The highest BCUT2D eigenvalue weighted by atomic mass is 35.5. The van der Waals surface area contributed by atoms with Crippen LogP contribution in [0.3, 0.4) is 0 Å². The number of carboxylic acid groups (broad SMARTS) is 1. The fraction of sp³-hybridized carbons (Fsp3) is 0.125. The van der Waals surface area contributed by atoms with E-state index in [1.165, 1.54) is 10.7 Å². The second-order valence-electron chi connectivity index (χ2n) is 5.38. The van der Waals surface area contributed by atoms with Gasteiger partial charge in [-0.1, -0.05) is 29.3 Å². The Morgan fingerprint density at radius 2 is 2.04 bits per heavy atom. The van der Waals surface area contributed by atoms with E-state index < -0.39 is 17.8 Å². The number of rotatable bonds is 4. The minimum atomic E-state index is -4.69. The second-order valence-corrected chi connectivity index (χ2v) is 6.22. The highest BCUT2D eigenvalue weighted by Gasteiger charge is 2.34. The number of alkyl halides is 3. The lowest BCUT2D eigenvalue weighted by Gasteiger charge is -2.08. The van der Waals surface area contributed by atoms with Gasteiger partial charge in [-0.25, -0.2) is 19.4 Å². The minimum Gasteiger partial charge on any atom is -0.478 e. The lowest BCUT2D eigenvalue weighted by atomic mass is 10.2. The quantitative estimate of drug-likeness (QED) is 0.641. The third-order valence-electron chi connectivity index (χ3n) is 3.48. The number of carbonyl (C=O) groups is 1. The first-order chi connectivity index (χ1) is 12.6. The van der Waals surface area contributed by atoms with E-state index in [0.717, 1.165) is 12.2 Å². The predicted molar refractivity (Wildman–Crippen MR) is 92.6 cm³/mol. The van der Waals surface area contributed by atoms with Crippen LogP contribution in [0, 0.1) is 0 Å². The molecule has 2 heterocycles. The average molecular weight is 417 g/mol. The molecule has 11 heteroatoms. The Morgan fingerprint density at radius 1 is 1.30 bits per heavy atom. The van der Waals surface area contributed by atoms with Crippen LogP contribution in [0.1, 0.15) is 17.0 Å². The Balaban J connectivity index is 2.15. The molecular formula is C16H9Cl2F3N4O2. The molecule has 0 aliphatic carbocycles. The van der Waals surface area contributed by atoms with Gasteiger partial charge in [-0.2, -0.15) is 18.3 Å². The molecule has 3 rings (SSSR count). The Labute approximate surface area is 159 Å². The van der Waals surface area contributed by atoms with Gasteiger partial charge in [0.05, 0.1) is 12.7 Å². The monoisotopic (exact) mass is 416 g/mol. The van der Waals surface area contributed by atoms with Crippen molar-refractivity contribution in [2.24, 2.45) is 0 Å². The number of fused-ring (bicyclic) bond motifs is 1. The number of nitrogens with zero attached hydrogens (tertiary/aromatic N) is 4. The molecule has 0 amide bonds. The van der Waals surface area contributed by atoms with Gasteiger partial charge in [-0.3, -0.25) is 0 Å². The molecule has 3 aromatic rings. The zero-order chi connectivity index (χ0) is 19.8. The zero-order valence-corrected chi connectivity index (χ0v) is 14.7. The van der Waals surface area contributed by atoms with Crippen molar-refractivity contribution < 1.29 is 23.1 Å². The summed E-state index contributed by atoms with van der Waals surface area (Å²) in [6.07, 6.45) is -2.18. The normalized spacial score (nSPS) is 12.2. The summed E-state index contributed by atoms with van der Waals surface area (Å²) < 4.78 is 40.1. The maximum absolute atomic E-state index is 13.0. The summed E-state index contributed by atoms with van der Waals surface area (Å²) in [5.41, 5.74) is -0.698. The molecule has 0 saturated carbocycles. The third-order valence-corrected chi connectivity index (χ3v) is 4.07. The molecular weight excluding hydrogens is 408 g/mol. The number of halogens is 5. The van der Waals surface area contributed by atoms with Crippen molar-refractivity contribution >= 4 is 46.4 Å². The lowest BCUT2D eigenvalue weighted by molar-refractivity contribution is -0.141. The molecule has 0 aliphatic rings. The van der Waals surface area contributed by atoms with E-state index >= 15 is 0 Å². The topological polar surface area (TPSA) is 80.9 Å². The Bertz CT molecular complexity index is 1060. The summed E-state index contributed by atoms with van der Waals surface area (Å²) in [6, 6.07) is 4.67. The van der Waals surface area contributed by atoms with Gasteiger partial charge < -0.3 is 5.11 Å². The highest BCUT2D eigenvalue weighted by molar-refractivity contribution is 6.35. The van der Waals surface area contributed by atoms with Gasteiger partial charge in [0.15, 0.2) is 11.3 Å². The van der Waals surface area contributed by atoms with E-state index in [4.69, 9.17) is 28.3 Å². The van der Waals surface area contributed by atoms with E-state index in [1.54, 1.807) is 12.1 Å². The molecule has 0 saturated heterocycles. The Hall–Kier alpha value is -2.65. The summed E-state index contributed by atoms with van der Waals surface area (Å²) in [4.78, 5) is 18.1. The van der Waals surface area contributed by atoms with Crippen molar-refractivity contribution in [2.45, 2.75) is 12.7 Å². The van der Waals surface area contributed by atoms with Crippen LogP contribution >= 0.6 is 23.2 Å². The van der Waals surface area contributed by atoms with Crippen molar-refractivity contribution in [3.05, 3.63) is 57.5 Å². The molecule has 0 bridgehead atoms. The fourth-order valence-corrected chi connectivity index (χ4v) is 2.75. The maximum Gasteiger partial charge on any atom is 0.434 e. The van der Waals surface area contributed by atoms with Crippen molar-refractivity contribution in [1.29, 1.82) is 0 Å². The van der Waals surface area contributed by atoms with Gasteiger partial charge in [-0.05, 0) is 23.8 Å². The summed E-state index contributed by atoms with van der Waals surface area (Å²) in [5.74, 6) is -1.24. The second kappa shape index (κ2) is 7.16. The van der Waals surface area contributed by atoms with Gasteiger partial charge in [0.25, 0.3) is 0 Å². The molecule has 0 atom stereocenters. The number of carboxylic acids is 1. The van der Waals surface area contributed by atoms with Crippen LogP contribution in [0.15, 0.2) is 30.5 Å². The smallest absolute Gasteiger partial charge is 0.434 e. The van der Waals surface area contributed by atoms with Crippen LogP contribution in [0.25, 0.3) is 17.2 Å². The van der Waals surface area contributed by atoms with Crippen molar-refractivity contribution in [3.63, 3.8) is 0 Å². The molecule has 1 aromatic carbocycles. The van der Waals surface area contributed by atoms with Crippen LogP contribution in [-0.2, 0) is 17.5 Å². The average Bonchev–Trinajstić information content (AvgIpc) is 2.92. The number of hydrogen-bond donors (Lipinski definition) is 1. The first-order valence-electron chi connectivity index (χ1n) is 7.31. The van der Waals surface area contributed by atoms with E-state index in [-0.39, 0.29) is 23.4 Å². The Kier molecular flexibility index (Phi) is 5.07. The summed E-state index contributed by atoms with van der Waals surface area (Å²) in [6.45, 7) is -0.0105. The van der Waals surface area contributed by atoms with Gasteiger partial charge in [0.2, 0.25) is 0 Å².